The third kappa shape index (κ3) is 3.06. The summed E-state index contributed by atoms with van der Waals surface area (Å²) < 4.78 is 12.7. The van der Waals surface area contributed by atoms with Crippen LogP contribution in [-0.2, 0) is 13.0 Å². The molecule has 0 N–H and O–H groups in total. The number of hydrogen-bond acceptors (Lipinski definition) is 6. The third-order valence-corrected chi connectivity index (χ3v) is 4.09. The summed E-state index contributed by atoms with van der Waals surface area (Å²) in [5, 5.41) is 12.6. The van der Waals surface area contributed by atoms with Crippen molar-refractivity contribution < 1.29 is 9.15 Å². The van der Waals surface area contributed by atoms with E-state index < -0.39 is 0 Å². The van der Waals surface area contributed by atoms with E-state index in [0.717, 1.165) is 23.1 Å². The molecule has 0 saturated heterocycles. The molecule has 0 radical (unpaired) electrons. The molecule has 0 fully saturated rings. The van der Waals surface area contributed by atoms with Crippen LogP contribution in [0.1, 0.15) is 18.3 Å². The molecule has 0 aliphatic rings. The minimum absolute atomic E-state index is 0.186. The number of tetrazole rings is 1. The SMILES string of the molecule is CCc1cc(=O)oc2cc(OCc3nnnn3-c3ccccc3)ccc12. The van der Waals surface area contributed by atoms with Crippen molar-refractivity contribution in [3.8, 4) is 11.4 Å². The van der Waals surface area contributed by atoms with Gasteiger partial charge in [0.2, 0.25) is 0 Å². The van der Waals surface area contributed by atoms with E-state index >= 15 is 0 Å². The van der Waals surface area contributed by atoms with Gasteiger partial charge in [0, 0.05) is 17.5 Å². The maximum absolute atomic E-state index is 11.7. The predicted octanol–water partition coefficient (Wildman–Crippen LogP) is 2.91. The zero-order valence-electron chi connectivity index (χ0n) is 14.1. The first kappa shape index (κ1) is 16.0. The highest BCUT2D eigenvalue weighted by Crippen LogP contribution is 2.23. The molecule has 4 aromatic rings. The van der Waals surface area contributed by atoms with Gasteiger partial charge in [-0.05, 0) is 46.7 Å². The largest absolute Gasteiger partial charge is 0.485 e. The van der Waals surface area contributed by atoms with Gasteiger partial charge in [-0.2, -0.15) is 4.68 Å². The lowest BCUT2D eigenvalue weighted by molar-refractivity contribution is 0.292. The number of aromatic nitrogens is 4. The summed E-state index contributed by atoms with van der Waals surface area (Å²) in [6.45, 7) is 2.19. The molecule has 0 atom stereocenters. The number of ether oxygens (including phenoxy) is 1. The van der Waals surface area contributed by atoms with E-state index in [-0.39, 0.29) is 12.2 Å². The number of hydrogen-bond donors (Lipinski definition) is 0. The average Bonchev–Trinajstić information content (AvgIpc) is 3.14. The number of nitrogens with zero attached hydrogens (tertiary/aromatic N) is 4. The Balaban J connectivity index is 1.60. The van der Waals surface area contributed by atoms with Crippen molar-refractivity contribution in [3.05, 3.63) is 76.4 Å². The fraction of sp³-hybridized carbons (Fsp3) is 0.158. The van der Waals surface area contributed by atoms with Crippen LogP contribution in [0.15, 0.2) is 63.8 Å². The first-order valence-corrected chi connectivity index (χ1v) is 8.27. The number of benzene rings is 2. The topological polar surface area (TPSA) is 83.0 Å². The van der Waals surface area contributed by atoms with Crippen molar-refractivity contribution in [3.63, 3.8) is 0 Å². The first-order chi connectivity index (χ1) is 12.7. The Morgan fingerprint density at radius 1 is 1.12 bits per heavy atom. The molecular formula is C19H16N4O3. The summed E-state index contributed by atoms with van der Waals surface area (Å²) >= 11 is 0. The summed E-state index contributed by atoms with van der Waals surface area (Å²) in [6, 6.07) is 16.6. The highest BCUT2D eigenvalue weighted by atomic mass is 16.5. The smallest absolute Gasteiger partial charge is 0.336 e. The van der Waals surface area contributed by atoms with Crippen molar-refractivity contribution in [1.82, 2.24) is 20.2 Å². The minimum Gasteiger partial charge on any atom is -0.485 e. The van der Waals surface area contributed by atoms with Gasteiger partial charge in [0.1, 0.15) is 17.9 Å². The zero-order valence-corrected chi connectivity index (χ0v) is 14.1. The molecule has 130 valence electrons. The second-order valence-corrected chi connectivity index (χ2v) is 5.73. The Morgan fingerprint density at radius 3 is 2.77 bits per heavy atom. The van der Waals surface area contributed by atoms with Gasteiger partial charge in [-0.25, -0.2) is 4.79 Å². The van der Waals surface area contributed by atoms with E-state index in [9.17, 15) is 4.79 Å². The van der Waals surface area contributed by atoms with Gasteiger partial charge in [0.15, 0.2) is 5.82 Å². The van der Waals surface area contributed by atoms with E-state index in [1.54, 1.807) is 10.7 Å². The molecule has 0 spiro atoms. The van der Waals surface area contributed by atoms with Crippen LogP contribution >= 0.6 is 0 Å². The molecule has 7 nitrogen and oxygen atoms in total. The second kappa shape index (κ2) is 6.79. The zero-order chi connectivity index (χ0) is 17.9. The van der Waals surface area contributed by atoms with E-state index in [0.29, 0.717) is 17.2 Å². The Labute approximate surface area is 148 Å². The maximum atomic E-state index is 11.7. The summed E-state index contributed by atoms with van der Waals surface area (Å²) in [5.74, 6) is 1.15. The van der Waals surface area contributed by atoms with Crippen molar-refractivity contribution in [2.45, 2.75) is 20.0 Å². The van der Waals surface area contributed by atoms with Gasteiger partial charge in [0.05, 0.1) is 5.69 Å². The minimum atomic E-state index is -0.362. The molecule has 2 aromatic carbocycles. The van der Waals surface area contributed by atoms with E-state index in [1.165, 1.54) is 6.07 Å². The van der Waals surface area contributed by atoms with Gasteiger partial charge >= 0.3 is 5.63 Å². The van der Waals surface area contributed by atoms with Crippen molar-refractivity contribution >= 4 is 11.0 Å². The van der Waals surface area contributed by atoms with Crippen molar-refractivity contribution in [2.24, 2.45) is 0 Å². The number of fused-ring (bicyclic) bond motifs is 1. The van der Waals surface area contributed by atoms with Gasteiger partial charge in [-0.1, -0.05) is 25.1 Å². The van der Waals surface area contributed by atoms with Crippen LogP contribution in [0.5, 0.6) is 5.75 Å². The van der Waals surface area contributed by atoms with E-state index in [2.05, 4.69) is 15.5 Å². The molecule has 0 amide bonds. The summed E-state index contributed by atoms with van der Waals surface area (Å²) in [6.07, 6.45) is 0.758. The van der Waals surface area contributed by atoms with Crippen LogP contribution in [0.4, 0.5) is 0 Å². The molecule has 4 rings (SSSR count). The number of rotatable bonds is 5. The molecule has 2 aromatic heterocycles. The maximum Gasteiger partial charge on any atom is 0.336 e. The molecule has 0 unspecified atom stereocenters. The number of para-hydroxylation sites is 1. The van der Waals surface area contributed by atoms with Crippen LogP contribution < -0.4 is 10.4 Å². The Bertz CT molecular complexity index is 1100. The van der Waals surface area contributed by atoms with Crippen molar-refractivity contribution in [2.75, 3.05) is 0 Å². The molecule has 0 aliphatic carbocycles. The Kier molecular flexibility index (Phi) is 4.18. The van der Waals surface area contributed by atoms with Gasteiger partial charge in [0.25, 0.3) is 0 Å². The van der Waals surface area contributed by atoms with Crippen molar-refractivity contribution in [1.29, 1.82) is 0 Å². The van der Waals surface area contributed by atoms with Gasteiger partial charge < -0.3 is 9.15 Å². The molecule has 26 heavy (non-hydrogen) atoms. The van der Waals surface area contributed by atoms with Crippen LogP contribution in [-0.4, -0.2) is 20.2 Å². The third-order valence-electron chi connectivity index (χ3n) is 4.09. The molecular weight excluding hydrogens is 332 g/mol. The van der Waals surface area contributed by atoms with E-state index in [1.807, 2.05) is 49.4 Å². The molecule has 7 heteroatoms. The first-order valence-electron chi connectivity index (χ1n) is 8.27. The lowest BCUT2D eigenvalue weighted by atomic mass is 10.1. The summed E-state index contributed by atoms with van der Waals surface area (Å²) in [5.41, 5.74) is 1.96. The van der Waals surface area contributed by atoms with Gasteiger partial charge in [-0.15, -0.1) is 5.10 Å². The van der Waals surface area contributed by atoms with Gasteiger partial charge in [-0.3, -0.25) is 0 Å². The lowest BCUT2D eigenvalue weighted by Gasteiger charge is -2.08. The highest BCUT2D eigenvalue weighted by molar-refractivity contribution is 5.81. The predicted molar refractivity (Wildman–Crippen MR) is 95.3 cm³/mol. The number of aryl methyl sites for hydroxylation is 1. The quantitative estimate of drug-likeness (QED) is 0.516. The normalized spacial score (nSPS) is 11.0. The molecule has 2 heterocycles. The Morgan fingerprint density at radius 2 is 1.96 bits per heavy atom. The van der Waals surface area contributed by atoms with Crippen LogP contribution in [0, 0.1) is 0 Å². The van der Waals surface area contributed by atoms with Crippen LogP contribution in [0.25, 0.3) is 16.7 Å². The fourth-order valence-corrected chi connectivity index (χ4v) is 2.81. The average molecular weight is 348 g/mol. The molecule has 0 bridgehead atoms. The Hall–Kier alpha value is -3.48. The lowest BCUT2D eigenvalue weighted by Crippen LogP contribution is -2.07. The van der Waals surface area contributed by atoms with Crippen LogP contribution in [0.2, 0.25) is 0 Å². The fourth-order valence-electron chi connectivity index (χ4n) is 2.81. The van der Waals surface area contributed by atoms with E-state index in [4.69, 9.17) is 9.15 Å². The molecule has 0 saturated carbocycles. The summed E-state index contributed by atoms with van der Waals surface area (Å²) in [7, 11) is 0. The second-order valence-electron chi connectivity index (χ2n) is 5.73. The highest BCUT2D eigenvalue weighted by Gasteiger charge is 2.10. The molecule has 0 aliphatic heterocycles. The summed E-state index contributed by atoms with van der Waals surface area (Å²) in [4.78, 5) is 11.7. The van der Waals surface area contributed by atoms with Crippen LogP contribution in [0.3, 0.4) is 0 Å². The monoisotopic (exact) mass is 348 g/mol. The standard InChI is InChI=1S/C19H16N4O3/c1-2-13-10-19(24)26-17-11-15(8-9-16(13)17)25-12-18-20-21-22-23(18)14-6-4-3-5-7-14/h3-11H,2,12H2,1H3.